The fourth-order valence-corrected chi connectivity index (χ4v) is 1.41. The van der Waals surface area contributed by atoms with Gasteiger partial charge in [0.25, 0.3) is 0 Å². The summed E-state index contributed by atoms with van der Waals surface area (Å²) < 4.78 is 4.90. The lowest BCUT2D eigenvalue weighted by Gasteiger charge is -1.97. The Balaban J connectivity index is 2.86. The fraction of sp³-hybridized carbons (Fsp3) is 0.100. The molecule has 0 atom stereocenters. The molecule has 0 heterocycles. The van der Waals surface area contributed by atoms with E-state index in [1.54, 1.807) is 18.2 Å². The minimum atomic E-state index is -0.403. The van der Waals surface area contributed by atoms with Crippen molar-refractivity contribution in [3.63, 3.8) is 0 Å². The van der Waals surface area contributed by atoms with E-state index in [0.717, 1.165) is 5.56 Å². The summed E-state index contributed by atoms with van der Waals surface area (Å²) in [6.07, 6.45) is 1.67. The molecule has 0 aliphatic rings. The first kappa shape index (κ1) is 11.3. The van der Waals surface area contributed by atoms with Gasteiger partial charge in [0.15, 0.2) is 0 Å². The van der Waals surface area contributed by atoms with Crippen LogP contribution in [0.5, 0.6) is 0 Å². The third kappa shape index (κ3) is 3.16. The zero-order valence-corrected chi connectivity index (χ0v) is 9.80. The average Bonchev–Trinajstić information content (AvgIpc) is 2.20. The summed E-state index contributed by atoms with van der Waals surface area (Å²) in [5.74, 6) is -0.403. The average molecular weight is 276 g/mol. The summed E-state index contributed by atoms with van der Waals surface area (Å²) in [7, 11) is 1.33. The maximum Gasteiger partial charge on any atom is 0.344 e. The standard InChI is InChI=1S/C10H8BrClO2/c1-14-10(13)9(11)6-7-2-4-8(12)5-3-7/h2-6H,1H3/b9-6-. The zero-order chi connectivity index (χ0) is 10.6. The summed E-state index contributed by atoms with van der Waals surface area (Å²) >= 11 is 8.83. The number of methoxy groups -OCH3 is 1. The molecule has 0 radical (unpaired) electrons. The van der Waals surface area contributed by atoms with Gasteiger partial charge in [-0.05, 0) is 39.7 Å². The van der Waals surface area contributed by atoms with E-state index in [1.807, 2.05) is 12.1 Å². The zero-order valence-electron chi connectivity index (χ0n) is 7.46. The first-order chi connectivity index (χ1) is 6.63. The van der Waals surface area contributed by atoms with E-state index in [1.165, 1.54) is 7.11 Å². The molecule has 2 nitrogen and oxygen atoms in total. The van der Waals surface area contributed by atoms with E-state index in [9.17, 15) is 4.79 Å². The lowest BCUT2D eigenvalue weighted by Crippen LogP contribution is -1.98. The molecule has 1 aromatic rings. The predicted molar refractivity (Wildman–Crippen MR) is 60.4 cm³/mol. The van der Waals surface area contributed by atoms with Crippen LogP contribution in [0.1, 0.15) is 5.56 Å². The molecule has 0 saturated heterocycles. The normalized spacial score (nSPS) is 11.2. The fourth-order valence-electron chi connectivity index (χ4n) is 0.862. The number of halogens is 2. The van der Waals surface area contributed by atoms with E-state index >= 15 is 0 Å². The Morgan fingerprint density at radius 1 is 1.43 bits per heavy atom. The molecule has 0 spiro atoms. The van der Waals surface area contributed by atoms with E-state index in [2.05, 4.69) is 20.7 Å². The Labute approximate surface area is 95.6 Å². The second-order valence-electron chi connectivity index (χ2n) is 2.54. The number of ether oxygens (including phenoxy) is 1. The molecule has 0 aliphatic carbocycles. The number of rotatable bonds is 2. The molecule has 0 aromatic heterocycles. The molecule has 0 bridgehead atoms. The van der Waals surface area contributed by atoms with Crippen LogP contribution in [0.3, 0.4) is 0 Å². The van der Waals surface area contributed by atoms with Gasteiger partial charge in [-0.2, -0.15) is 0 Å². The molecule has 0 fully saturated rings. The summed E-state index contributed by atoms with van der Waals surface area (Å²) in [6, 6.07) is 7.13. The van der Waals surface area contributed by atoms with Gasteiger partial charge >= 0.3 is 5.97 Å². The van der Waals surface area contributed by atoms with Crippen LogP contribution in [0.15, 0.2) is 28.7 Å². The van der Waals surface area contributed by atoms with Crippen LogP contribution < -0.4 is 0 Å². The SMILES string of the molecule is COC(=O)/C(Br)=C/c1ccc(Cl)cc1. The van der Waals surface area contributed by atoms with Gasteiger partial charge in [-0.3, -0.25) is 0 Å². The number of carbonyl (C=O) groups is 1. The monoisotopic (exact) mass is 274 g/mol. The predicted octanol–water partition coefficient (Wildman–Crippen LogP) is 3.25. The second-order valence-corrected chi connectivity index (χ2v) is 3.83. The van der Waals surface area contributed by atoms with Gasteiger partial charge in [0.05, 0.1) is 7.11 Å². The maximum absolute atomic E-state index is 11.0. The number of hydrogen-bond donors (Lipinski definition) is 0. The van der Waals surface area contributed by atoms with Crippen LogP contribution in [0.2, 0.25) is 5.02 Å². The summed E-state index contributed by atoms with van der Waals surface area (Å²) in [4.78, 5) is 11.0. The van der Waals surface area contributed by atoms with Crippen LogP contribution in [0, 0.1) is 0 Å². The van der Waals surface area contributed by atoms with Crippen LogP contribution in [0.4, 0.5) is 0 Å². The van der Waals surface area contributed by atoms with Crippen LogP contribution in [0.25, 0.3) is 6.08 Å². The largest absolute Gasteiger partial charge is 0.465 e. The number of esters is 1. The van der Waals surface area contributed by atoms with Crippen molar-refractivity contribution in [2.45, 2.75) is 0 Å². The second kappa shape index (κ2) is 5.17. The topological polar surface area (TPSA) is 26.3 Å². The van der Waals surface area contributed by atoms with E-state index in [0.29, 0.717) is 9.51 Å². The van der Waals surface area contributed by atoms with Gasteiger partial charge < -0.3 is 4.74 Å². The van der Waals surface area contributed by atoms with Crippen molar-refractivity contribution in [2.75, 3.05) is 7.11 Å². The summed E-state index contributed by atoms with van der Waals surface area (Å²) in [6.45, 7) is 0. The highest BCUT2D eigenvalue weighted by molar-refractivity contribution is 9.12. The van der Waals surface area contributed by atoms with Gasteiger partial charge in [0.1, 0.15) is 4.48 Å². The lowest BCUT2D eigenvalue weighted by molar-refractivity contribution is -0.135. The van der Waals surface area contributed by atoms with Crippen LogP contribution in [-0.4, -0.2) is 13.1 Å². The third-order valence-electron chi connectivity index (χ3n) is 1.54. The molecule has 1 rings (SSSR count). The van der Waals surface area contributed by atoms with E-state index in [4.69, 9.17) is 11.6 Å². The lowest BCUT2D eigenvalue weighted by atomic mass is 10.2. The number of carbonyl (C=O) groups excluding carboxylic acids is 1. The third-order valence-corrected chi connectivity index (χ3v) is 2.35. The Morgan fingerprint density at radius 3 is 2.50 bits per heavy atom. The van der Waals surface area contributed by atoms with Gasteiger partial charge in [-0.25, -0.2) is 4.79 Å². The van der Waals surface area contributed by atoms with Gasteiger partial charge in [0, 0.05) is 5.02 Å². The van der Waals surface area contributed by atoms with Crippen molar-refractivity contribution in [3.05, 3.63) is 39.3 Å². The molecule has 0 aliphatic heterocycles. The maximum atomic E-state index is 11.0. The first-order valence-corrected chi connectivity index (χ1v) is 5.01. The first-order valence-electron chi connectivity index (χ1n) is 3.84. The minimum Gasteiger partial charge on any atom is -0.465 e. The van der Waals surface area contributed by atoms with Crippen molar-refractivity contribution in [1.29, 1.82) is 0 Å². The molecule has 0 saturated carbocycles. The highest BCUT2D eigenvalue weighted by Crippen LogP contribution is 2.16. The molecule has 4 heteroatoms. The molecule has 0 amide bonds. The molecular weight excluding hydrogens is 267 g/mol. The molecular formula is C10H8BrClO2. The van der Waals surface area contributed by atoms with E-state index < -0.39 is 5.97 Å². The van der Waals surface area contributed by atoms with E-state index in [-0.39, 0.29) is 0 Å². The van der Waals surface area contributed by atoms with Gasteiger partial charge in [-0.1, -0.05) is 23.7 Å². The molecule has 74 valence electrons. The molecule has 0 N–H and O–H groups in total. The highest BCUT2D eigenvalue weighted by Gasteiger charge is 2.04. The minimum absolute atomic E-state index is 0.377. The smallest absolute Gasteiger partial charge is 0.344 e. The summed E-state index contributed by atoms with van der Waals surface area (Å²) in [5, 5.41) is 0.663. The Morgan fingerprint density at radius 2 is 2.00 bits per heavy atom. The van der Waals surface area contributed by atoms with Crippen molar-refractivity contribution in [3.8, 4) is 0 Å². The molecule has 1 aromatic carbocycles. The van der Waals surface area contributed by atoms with Gasteiger partial charge in [0.2, 0.25) is 0 Å². The Hall–Kier alpha value is -0.800. The highest BCUT2D eigenvalue weighted by atomic mass is 79.9. The van der Waals surface area contributed by atoms with Crippen molar-refractivity contribution >= 4 is 39.6 Å². The molecule has 14 heavy (non-hydrogen) atoms. The molecule has 0 unspecified atom stereocenters. The van der Waals surface area contributed by atoms with Crippen LogP contribution >= 0.6 is 27.5 Å². The van der Waals surface area contributed by atoms with Crippen LogP contribution in [-0.2, 0) is 9.53 Å². The Kier molecular flexibility index (Phi) is 4.17. The summed E-state index contributed by atoms with van der Waals surface area (Å²) in [5.41, 5.74) is 0.881. The quantitative estimate of drug-likeness (QED) is 0.612. The Bertz CT molecular complexity index is 357. The van der Waals surface area contributed by atoms with Crippen molar-refractivity contribution < 1.29 is 9.53 Å². The number of hydrogen-bond acceptors (Lipinski definition) is 2. The van der Waals surface area contributed by atoms with Crippen molar-refractivity contribution in [2.24, 2.45) is 0 Å². The van der Waals surface area contributed by atoms with Crippen molar-refractivity contribution in [1.82, 2.24) is 0 Å². The van der Waals surface area contributed by atoms with Gasteiger partial charge in [-0.15, -0.1) is 0 Å². The number of benzene rings is 1.